The van der Waals surface area contributed by atoms with Crippen molar-refractivity contribution in [2.45, 2.75) is 52.0 Å². The molecule has 0 saturated heterocycles. The predicted molar refractivity (Wildman–Crippen MR) is 85.3 cm³/mol. The summed E-state index contributed by atoms with van der Waals surface area (Å²) in [6, 6.07) is 6.71. The number of hydrogen-bond donors (Lipinski definition) is 1. The maximum atomic E-state index is 4.29. The first-order chi connectivity index (χ1) is 10.2. The van der Waals surface area contributed by atoms with E-state index in [0.717, 1.165) is 36.3 Å². The molecule has 2 atom stereocenters. The molecule has 0 aliphatic heterocycles. The zero-order valence-electron chi connectivity index (χ0n) is 13.1. The Morgan fingerprint density at radius 1 is 1.29 bits per heavy atom. The van der Waals surface area contributed by atoms with E-state index in [9.17, 15) is 0 Å². The van der Waals surface area contributed by atoms with Crippen LogP contribution in [0.1, 0.15) is 45.4 Å². The highest BCUT2D eigenvalue weighted by atomic mass is 15.2. The molecule has 2 aromatic heterocycles. The van der Waals surface area contributed by atoms with Crippen molar-refractivity contribution in [2.75, 3.05) is 6.54 Å². The van der Waals surface area contributed by atoms with Gasteiger partial charge in [0.2, 0.25) is 0 Å². The van der Waals surface area contributed by atoms with Crippen LogP contribution in [0.2, 0.25) is 0 Å². The number of aromatic nitrogens is 3. The van der Waals surface area contributed by atoms with Crippen molar-refractivity contribution in [1.82, 2.24) is 19.9 Å². The van der Waals surface area contributed by atoms with E-state index in [2.05, 4.69) is 33.8 Å². The highest BCUT2D eigenvalue weighted by Crippen LogP contribution is 2.29. The zero-order chi connectivity index (χ0) is 14.7. The molecule has 114 valence electrons. The van der Waals surface area contributed by atoms with E-state index < -0.39 is 0 Å². The van der Waals surface area contributed by atoms with Gasteiger partial charge in [-0.2, -0.15) is 0 Å². The first kappa shape index (κ1) is 14.5. The molecule has 4 heteroatoms. The summed E-state index contributed by atoms with van der Waals surface area (Å²) in [4.78, 5) is 0. The van der Waals surface area contributed by atoms with Crippen molar-refractivity contribution >= 4 is 5.65 Å². The Labute approximate surface area is 127 Å². The van der Waals surface area contributed by atoms with Gasteiger partial charge in [0, 0.05) is 25.2 Å². The van der Waals surface area contributed by atoms with Crippen LogP contribution < -0.4 is 5.32 Å². The first-order valence-corrected chi connectivity index (χ1v) is 8.26. The summed E-state index contributed by atoms with van der Waals surface area (Å²) in [6.07, 6.45) is 8.41. The lowest BCUT2D eigenvalue weighted by atomic mass is 9.79. The van der Waals surface area contributed by atoms with Crippen LogP contribution in [0.25, 0.3) is 5.65 Å². The number of hydrogen-bond acceptors (Lipinski definition) is 3. The minimum absolute atomic E-state index is 0.685. The minimum Gasteiger partial charge on any atom is -0.314 e. The monoisotopic (exact) mass is 286 g/mol. The van der Waals surface area contributed by atoms with Crippen LogP contribution in [0.5, 0.6) is 0 Å². The zero-order valence-corrected chi connectivity index (χ0v) is 13.1. The molecule has 4 nitrogen and oxygen atoms in total. The van der Waals surface area contributed by atoms with Gasteiger partial charge in [-0.3, -0.25) is 4.40 Å². The van der Waals surface area contributed by atoms with Crippen molar-refractivity contribution in [3.63, 3.8) is 0 Å². The number of rotatable bonds is 5. The quantitative estimate of drug-likeness (QED) is 0.918. The van der Waals surface area contributed by atoms with Crippen LogP contribution in [-0.4, -0.2) is 27.2 Å². The molecule has 2 aromatic rings. The van der Waals surface area contributed by atoms with E-state index in [-0.39, 0.29) is 0 Å². The Morgan fingerprint density at radius 3 is 3.05 bits per heavy atom. The maximum Gasteiger partial charge on any atom is 0.160 e. The molecule has 0 bridgehead atoms. The van der Waals surface area contributed by atoms with E-state index in [1.807, 2.05) is 24.4 Å². The van der Waals surface area contributed by atoms with Gasteiger partial charge in [-0.25, -0.2) is 0 Å². The molecule has 2 heterocycles. The predicted octanol–water partition coefficient (Wildman–Crippen LogP) is 3.08. The molecule has 3 rings (SSSR count). The lowest BCUT2D eigenvalue weighted by Gasteiger charge is -2.32. The minimum atomic E-state index is 0.685. The molecular formula is C17H26N4. The van der Waals surface area contributed by atoms with Crippen LogP contribution in [0.3, 0.4) is 0 Å². The lowest BCUT2D eigenvalue weighted by Crippen LogP contribution is -2.36. The molecule has 1 aliphatic rings. The average molecular weight is 286 g/mol. The Bertz CT molecular complexity index is 575. The second-order valence-corrected chi connectivity index (χ2v) is 6.62. The van der Waals surface area contributed by atoms with Crippen molar-refractivity contribution in [3.05, 3.63) is 30.2 Å². The van der Waals surface area contributed by atoms with Crippen LogP contribution in [0.15, 0.2) is 24.4 Å². The number of nitrogens with zero attached hydrogens (tertiary/aromatic N) is 3. The van der Waals surface area contributed by atoms with Gasteiger partial charge in [0.25, 0.3) is 0 Å². The Kier molecular flexibility index (Phi) is 4.54. The molecule has 1 fully saturated rings. The molecule has 1 aliphatic carbocycles. The Morgan fingerprint density at radius 2 is 2.19 bits per heavy atom. The van der Waals surface area contributed by atoms with E-state index in [0.29, 0.717) is 6.04 Å². The third kappa shape index (κ3) is 3.43. The average Bonchev–Trinajstić information content (AvgIpc) is 2.91. The molecule has 21 heavy (non-hydrogen) atoms. The molecule has 0 spiro atoms. The molecule has 0 amide bonds. The summed E-state index contributed by atoms with van der Waals surface area (Å²) in [5, 5.41) is 12.2. The second kappa shape index (κ2) is 6.56. The summed E-state index contributed by atoms with van der Waals surface area (Å²) >= 11 is 0. The third-order valence-corrected chi connectivity index (χ3v) is 4.82. The van der Waals surface area contributed by atoms with Crippen LogP contribution in [-0.2, 0) is 6.42 Å². The molecule has 0 radical (unpaired) electrons. The summed E-state index contributed by atoms with van der Waals surface area (Å²) in [5.41, 5.74) is 0.935. The number of fused-ring (bicyclic) bond motifs is 1. The third-order valence-electron chi connectivity index (χ3n) is 4.82. The standard InChI is InChI=1S/C17H26N4/c1-13(2)14-6-5-7-15(12-14)18-10-9-17-20-19-16-8-3-4-11-21(16)17/h3-4,8,11,13-15,18H,5-7,9-10,12H2,1-2H3. The molecule has 0 aromatic carbocycles. The summed E-state index contributed by atoms with van der Waals surface area (Å²) in [7, 11) is 0. The Hall–Kier alpha value is -1.42. The van der Waals surface area contributed by atoms with E-state index in [1.165, 1.54) is 25.7 Å². The largest absolute Gasteiger partial charge is 0.314 e. The highest BCUT2D eigenvalue weighted by Gasteiger charge is 2.23. The van der Waals surface area contributed by atoms with Crippen molar-refractivity contribution < 1.29 is 0 Å². The normalized spacial score (nSPS) is 23.0. The summed E-state index contributed by atoms with van der Waals surface area (Å²) in [6.45, 7) is 5.70. The second-order valence-electron chi connectivity index (χ2n) is 6.62. The van der Waals surface area contributed by atoms with Gasteiger partial charge >= 0.3 is 0 Å². The van der Waals surface area contributed by atoms with Gasteiger partial charge in [0.05, 0.1) is 0 Å². The van der Waals surface area contributed by atoms with Crippen molar-refractivity contribution in [2.24, 2.45) is 11.8 Å². The first-order valence-electron chi connectivity index (χ1n) is 8.26. The van der Waals surface area contributed by atoms with E-state index in [1.54, 1.807) is 0 Å². The van der Waals surface area contributed by atoms with Gasteiger partial charge < -0.3 is 5.32 Å². The van der Waals surface area contributed by atoms with Gasteiger partial charge in [-0.05, 0) is 36.8 Å². The van der Waals surface area contributed by atoms with Crippen molar-refractivity contribution in [1.29, 1.82) is 0 Å². The summed E-state index contributed by atoms with van der Waals surface area (Å²) < 4.78 is 2.08. The fraction of sp³-hybridized carbons (Fsp3) is 0.647. The van der Waals surface area contributed by atoms with Crippen LogP contribution >= 0.6 is 0 Å². The van der Waals surface area contributed by atoms with Crippen molar-refractivity contribution in [3.8, 4) is 0 Å². The van der Waals surface area contributed by atoms with Gasteiger partial charge in [-0.15, -0.1) is 10.2 Å². The summed E-state index contributed by atoms with van der Waals surface area (Å²) in [5.74, 6) is 2.76. The van der Waals surface area contributed by atoms with Gasteiger partial charge in [0.1, 0.15) is 5.82 Å². The van der Waals surface area contributed by atoms with Crippen LogP contribution in [0.4, 0.5) is 0 Å². The molecule has 1 N–H and O–H groups in total. The fourth-order valence-electron chi connectivity index (χ4n) is 3.47. The molecular weight excluding hydrogens is 260 g/mol. The van der Waals surface area contributed by atoms with E-state index >= 15 is 0 Å². The van der Waals surface area contributed by atoms with Gasteiger partial charge in [-0.1, -0.05) is 32.8 Å². The van der Waals surface area contributed by atoms with Gasteiger partial charge in [0.15, 0.2) is 5.65 Å². The lowest BCUT2D eigenvalue weighted by molar-refractivity contribution is 0.232. The van der Waals surface area contributed by atoms with Crippen LogP contribution in [0, 0.1) is 11.8 Å². The maximum absolute atomic E-state index is 4.29. The Balaban J connectivity index is 1.52. The highest BCUT2D eigenvalue weighted by molar-refractivity contribution is 5.36. The van der Waals surface area contributed by atoms with E-state index in [4.69, 9.17) is 0 Å². The smallest absolute Gasteiger partial charge is 0.160 e. The SMILES string of the molecule is CC(C)C1CCCC(NCCc2nnc3ccccn23)C1. The molecule has 2 unspecified atom stereocenters. The molecule has 1 saturated carbocycles. The fourth-order valence-corrected chi connectivity index (χ4v) is 3.47. The number of pyridine rings is 1. The topological polar surface area (TPSA) is 42.2 Å². The number of nitrogens with one attached hydrogen (secondary N) is 1.